The third-order valence-corrected chi connectivity index (χ3v) is 6.18. The summed E-state index contributed by atoms with van der Waals surface area (Å²) in [5.41, 5.74) is 2.40. The molecule has 2 N–H and O–H groups in total. The highest BCUT2D eigenvalue weighted by molar-refractivity contribution is 5.81. The van der Waals surface area contributed by atoms with Crippen molar-refractivity contribution >= 4 is 11.9 Å². The van der Waals surface area contributed by atoms with Crippen LogP contribution in [0.4, 0.5) is 0 Å². The van der Waals surface area contributed by atoms with Gasteiger partial charge in [0.1, 0.15) is 5.75 Å². The van der Waals surface area contributed by atoms with Crippen molar-refractivity contribution in [1.82, 2.24) is 15.5 Å². The SMILES string of the molecule is CN=C(NCc1ccccc1OCC1CC1)NCC1CC(=O)N(CCc2ccccc2)C1. The number of amides is 1. The summed E-state index contributed by atoms with van der Waals surface area (Å²) in [7, 11) is 1.77. The molecule has 1 unspecified atom stereocenters. The standard InChI is InChI=1S/C26H34N4O2/c1-27-26(29-17-23-9-5-6-10-24(23)32-19-21-11-12-21)28-16-22-15-25(31)30(18-22)14-13-20-7-3-2-4-8-20/h2-10,21-22H,11-19H2,1H3,(H2,27,28,29). The van der Waals surface area contributed by atoms with Gasteiger partial charge in [-0.3, -0.25) is 9.79 Å². The zero-order chi connectivity index (χ0) is 22.2. The number of benzene rings is 2. The number of ether oxygens (including phenoxy) is 1. The van der Waals surface area contributed by atoms with Crippen LogP contribution in [-0.4, -0.2) is 50.1 Å². The van der Waals surface area contributed by atoms with Crippen molar-refractivity contribution in [2.24, 2.45) is 16.8 Å². The summed E-state index contributed by atoms with van der Waals surface area (Å²) in [6.45, 7) is 3.76. The van der Waals surface area contributed by atoms with Crippen LogP contribution >= 0.6 is 0 Å². The van der Waals surface area contributed by atoms with Gasteiger partial charge >= 0.3 is 0 Å². The Morgan fingerprint density at radius 1 is 1.06 bits per heavy atom. The number of aliphatic imine (C=N–C) groups is 1. The highest BCUT2D eigenvalue weighted by atomic mass is 16.5. The van der Waals surface area contributed by atoms with Gasteiger partial charge in [-0.1, -0.05) is 48.5 Å². The van der Waals surface area contributed by atoms with Gasteiger partial charge in [0.25, 0.3) is 0 Å². The van der Waals surface area contributed by atoms with Crippen LogP contribution in [-0.2, 0) is 17.8 Å². The van der Waals surface area contributed by atoms with Crippen molar-refractivity contribution in [3.8, 4) is 5.75 Å². The molecule has 2 aliphatic rings. The molecule has 170 valence electrons. The Balaban J connectivity index is 1.20. The van der Waals surface area contributed by atoms with Gasteiger partial charge in [0.15, 0.2) is 5.96 Å². The largest absolute Gasteiger partial charge is 0.493 e. The molecule has 1 amide bonds. The average Bonchev–Trinajstić information content (AvgIpc) is 3.59. The summed E-state index contributed by atoms with van der Waals surface area (Å²) in [5, 5.41) is 6.78. The van der Waals surface area contributed by atoms with Crippen molar-refractivity contribution in [2.45, 2.75) is 32.2 Å². The van der Waals surface area contributed by atoms with E-state index < -0.39 is 0 Å². The van der Waals surface area contributed by atoms with Gasteiger partial charge in [0.05, 0.1) is 6.61 Å². The summed E-state index contributed by atoms with van der Waals surface area (Å²) >= 11 is 0. The molecule has 1 saturated carbocycles. The van der Waals surface area contributed by atoms with Crippen LogP contribution in [0.3, 0.4) is 0 Å². The van der Waals surface area contributed by atoms with Gasteiger partial charge in [-0.2, -0.15) is 0 Å². The molecule has 1 aliphatic carbocycles. The molecule has 6 heteroatoms. The topological polar surface area (TPSA) is 66.0 Å². The van der Waals surface area contributed by atoms with Gasteiger partial charge in [-0.25, -0.2) is 0 Å². The number of para-hydroxylation sites is 1. The molecular formula is C26H34N4O2. The molecule has 2 aromatic rings. The van der Waals surface area contributed by atoms with Crippen LogP contribution in [0.25, 0.3) is 0 Å². The molecule has 0 spiro atoms. The number of carbonyl (C=O) groups is 1. The second-order valence-corrected chi connectivity index (χ2v) is 8.81. The molecule has 6 nitrogen and oxygen atoms in total. The first-order valence-corrected chi connectivity index (χ1v) is 11.7. The van der Waals surface area contributed by atoms with Crippen molar-refractivity contribution in [1.29, 1.82) is 0 Å². The number of rotatable bonds is 10. The Labute approximate surface area is 191 Å². The van der Waals surface area contributed by atoms with E-state index in [1.807, 2.05) is 41.3 Å². The lowest BCUT2D eigenvalue weighted by Crippen LogP contribution is -2.40. The minimum Gasteiger partial charge on any atom is -0.493 e. The molecule has 2 fully saturated rings. The van der Waals surface area contributed by atoms with Crippen LogP contribution < -0.4 is 15.4 Å². The number of carbonyl (C=O) groups excluding carboxylic acids is 1. The zero-order valence-electron chi connectivity index (χ0n) is 18.9. The Morgan fingerprint density at radius 2 is 1.84 bits per heavy atom. The van der Waals surface area contributed by atoms with Crippen LogP contribution in [0.1, 0.15) is 30.4 Å². The van der Waals surface area contributed by atoms with Gasteiger partial charge in [0, 0.05) is 51.1 Å². The zero-order valence-corrected chi connectivity index (χ0v) is 18.9. The number of hydrogen-bond acceptors (Lipinski definition) is 3. The summed E-state index contributed by atoms with van der Waals surface area (Å²) in [6, 6.07) is 18.5. The summed E-state index contributed by atoms with van der Waals surface area (Å²) in [4.78, 5) is 18.8. The first-order chi connectivity index (χ1) is 15.7. The summed E-state index contributed by atoms with van der Waals surface area (Å²) in [6.07, 6.45) is 4.06. The molecular weight excluding hydrogens is 400 g/mol. The van der Waals surface area contributed by atoms with E-state index in [2.05, 4.69) is 33.8 Å². The molecule has 32 heavy (non-hydrogen) atoms. The molecule has 1 heterocycles. The third kappa shape index (κ3) is 6.49. The Morgan fingerprint density at radius 3 is 2.62 bits per heavy atom. The monoisotopic (exact) mass is 434 g/mol. The maximum absolute atomic E-state index is 12.4. The normalized spacial score (nSPS) is 18.7. The van der Waals surface area contributed by atoms with Gasteiger partial charge in [0.2, 0.25) is 5.91 Å². The van der Waals surface area contributed by atoms with Gasteiger partial charge in [-0.15, -0.1) is 0 Å². The minimum atomic E-state index is 0.248. The lowest BCUT2D eigenvalue weighted by molar-refractivity contribution is -0.127. The van der Waals surface area contributed by atoms with Crippen LogP contribution in [0.2, 0.25) is 0 Å². The number of guanidine groups is 1. The van der Waals surface area contributed by atoms with Crippen molar-refractivity contribution in [3.05, 3.63) is 65.7 Å². The van der Waals surface area contributed by atoms with E-state index in [4.69, 9.17) is 4.74 Å². The van der Waals surface area contributed by atoms with E-state index >= 15 is 0 Å². The van der Waals surface area contributed by atoms with Crippen LogP contribution in [0.15, 0.2) is 59.6 Å². The van der Waals surface area contributed by atoms with Crippen molar-refractivity contribution in [3.63, 3.8) is 0 Å². The van der Waals surface area contributed by atoms with E-state index in [0.29, 0.717) is 18.9 Å². The average molecular weight is 435 g/mol. The Hall–Kier alpha value is -3.02. The fourth-order valence-electron chi connectivity index (χ4n) is 4.04. The molecule has 0 radical (unpaired) electrons. The fourth-order valence-corrected chi connectivity index (χ4v) is 4.04. The first kappa shape index (κ1) is 22.2. The summed E-state index contributed by atoms with van der Waals surface area (Å²) in [5.74, 6) is 2.96. The first-order valence-electron chi connectivity index (χ1n) is 11.7. The van der Waals surface area contributed by atoms with E-state index in [1.165, 1.54) is 18.4 Å². The van der Waals surface area contributed by atoms with E-state index in [-0.39, 0.29) is 5.91 Å². The smallest absolute Gasteiger partial charge is 0.223 e. The van der Waals surface area contributed by atoms with Gasteiger partial charge < -0.3 is 20.3 Å². The van der Waals surface area contributed by atoms with E-state index in [0.717, 1.165) is 55.9 Å². The predicted octanol–water partition coefficient (Wildman–Crippen LogP) is 3.23. The highest BCUT2D eigenvalue weighted by Crippen LogP contribution is 2.30. The quantitative estimate of drug-likeness (QED) is 0.445. The third-order valence-electron chi connectivity index (χ3n) is 6.18. The Bertz CT molecular complexity index is 911. The molecule has 4 rings (SSSR count). The maximum atomic E-state index is 12.4. The number of nitrogens with one attached hydrogen (secondary N) is 2. The number of nitrogens with zero attached hydrogens (tertiary/aromatic N) is 2. The van der Waals surface area contributed by atoms with Crippen molar-refractivity contribution < 1.29 is 9.53 Å². The van der Waals surface area contributed by atoms with Crippen molar-refractivity contribution in [2.75, 3.05) is 33.3 Å². The number of likely N-dealkylation sites (tertiary alicyclic amines) is 1. The maximum Gasteiger partial charge on any atom is 0.223 e. The van der Waals surface area contributed by atoms with Gasteiger partial charge in [-0.05, 0) is 36.8 Å². The van der Waals surface area contributed by atoms with E-state index in [9.17, 15) is 4.79 Å². The molecule has 2 aromatic carbocycles. The molecule has 1 atom stereocenters. The lowest BCUT2D eigenvalue weighted by Gasteiger charge is -2.18. The molecule has 0 aromatic heterocycles. The highest BCUT2D eigenvalue weighted by Gasteiger charge is 2.29. The molecule has 1 saturated heterocycles. The molecule has 0 bridgehead atoms. The number of hydrogen-bond donors (Lipinski definition) is 2. The van der Waals surface area contributed by atoms with Crippen LogP contribution in [0, 0.1) is 11.8 Å². The molecule has 1 aliphatic heterocycles. The fraction of sp³-hybridized carbons (Fsp3) is 0.462. The second-order valence-electron chi connectivity index (χ2n) is 8.81. The second kappa shape index (κ2) is 11.0. The summed E-state index contributed by atoms with van der Waals surface area (Å²) < 4.78 is 6.00. The predicted molar refractivity (Wildman–Crippen MR) is 128 cm³/mol. The minimum absolute atomic E-state index is 0.248. The van der Waals surface area contributed by atoms with Crippen LogP contribution in [0.5, 0.6) is 5.75 Å². The van der Waals surface area contributed by atoms with E-state index in [1.54, 1.807) is 7.05 Å². The Kier molecular flexibility index (Phi) is 7.64. The lowest BCUT2D eigenvalue weighted by atomic mass is 10.1.